The fourth-order valence-corrected chi connectivity index (χ4v) is 1.06. The van der Waals surface area contributed by atoms with Crippen LogP contribution in [-0.2, 0) is 4.79 Å². The summed E-state index contributed by atoms with van der Waals surface area (Å²) in [4.78, 5) is 10.3. The standard InChI is InChI=1S/C6H11NO2.ClH/c8-6(9)5-2-1-3-7-4-5;/h5,7H,1-4H2,(H,8,9);1H/p-1. The highest BCUT2D eigenvalue weighted by Gasteiger charge is 2.18. The van der Waals surface area contributed by atoms with Gasteiger partial charge in [-0.1, -0.05) is 0 Å². The van der Waals surface area contributed by atoms with Crippen molar-refractivity contribution in [1.82, 2.24) is 5.32 Å². The van der Waals surface area contributed by atoms with Gasteiger partial charge in [0.1, 0.15) is 0 Å². The molecule has 0 aromatic heterocycles. The molecule has 0 radical (unpaired) electrons. The molecular weight excluding hydrogens is 154 g/mol. The van der Waals surface area contributed by atoms with E-state index in [0.29, 0.717) is 6.54 Å². The van der Waals surface area contributed by atoms with Gasteiger partial charge in [0.15, 0.2) is 0 Å². The zero-order valence-electron chi connectivity index (χ0n) is 5.64. The molecule has 1 fully saturated rings. The minimum absolute atomic E-state index is 0. The highest BCUT2D eigenvalue weighted by Crippen LogP contribution is 2.08. The van der Waals surface area contributed by atoms with E-state index in [1.807, 2.05) is 0 Å². The molecule has 4 heteroatoms. The van der Waals surface area contributed by atoms with Crippen molar-refractivity contribution in [2.24, 2.45) is 5.92 Å². The van der Waals surface area contributed by atoms with Gasteiger partial charge in [-0.2, -0.15) is 0 Å². The summed E-state index contributed by atoms with van der Waals surface area (Å²) in [6.07, 6.45) is 1.83. The molecule has 1 saturated heterocycles. The molecule has 10 heavy (non-hydrogen) atoms. The Balaban J connectivity index is 0.000000810. The highest BCUT2D eigenvalue weighted by atomic mass is 35.5. The number of carboxylic acid groups (broad SMARTS) is 1. The van der Waals surface area contributed by atoms with E-state index in [-0.39, 0.29) is 18.3 Å². The van der Waals surface area contributed by atoms with Crippen LogP contribution in [0.2, 0.25) is 0 Å². The van der Waals surface area contributed by atoms with Gasteiger partial charge >= 0.3 is 5.97 Å². The monoisotopic (exact) mass is 164 g/mol. The second-order valence-electron chi connectivity index (χ2n) is 2.38. The van der Waals surface area contributed by atoms with E-state index in [0.717, 1.165) is 19.4 Å². The van der Waals surface area contributed by atoms with Gasteiger partial charge in [0.25, 0.3) is 0 Å². The normalized spacial score (nSPS) is 25.0. The van der Waals surface area contributed by atoms with Gasteiger partial charge in [0, 0.05) is 6.54 Å². The maximum absolute atomic E-state index is 10.3. The first kappa shape index (κ1) is 9.72. The first-order valence-electron chi connectivity index (χ1n) is 3.24. The number of nitrogens with one attached hydrogen (secondary N) is 1. The maximum atomic E-state index is 10.3. The van der Waals surface area contributed by atoms with Crippen LogP contribution in [0, 0.1) is 5.92 Å². The Hall–Kier alpha value is -0.280. The Morgan fingerprint density at radius 2 is 2.30 bits per heavy atom. The van der Waals surface area contributed by atoms with Crippen LogP contribution in [0.25, 0.3) is 0 Å². The summed E-state index contributed by atoms with van der Waals surface area (Å²) in [7, 11) is 0. The van der Waals surface area contributed by atoms with Gasteiger partial charge in [0.2, 0.25) is 0 Å². The van der Waals surface area contributed by atoms with Crippen LogP contribution >= 0.6 is 0 Å². The van der Waals surface area contributed by atoms with Crippen LogP contribution in [0.15, 0.2) is 0 Å². The van der Waals surface area contributed by atoms with Crippen molar-refractivity contribution in [1.29, 1.82) is 0 Å². The zero-order valence-corrected chi connectivity index (χ0v) is 6.40. The smallest absolute Gasteiger partial charge is 0.307 e. The molecule has 1 rings (SSSR count). The van der Waals surface area contributed by atoms with Gasteiger partial charge in [-0.25, -0.2) is 0 Å². The van der Waals surface area contributed by atoms with E-state index in [9.17, 15) is 4.79 Å². The molecule has 0 aromatic rings. The SMILES string of the molecule is O=C(O)C1CCCNC1.[Cl-]. The summed E-state index contributed by atoms with van der Waals surface area (Å²) in [5, 5.41) is 11.5. The minimum Gasteiger partial charge on any atom is -1.00 e. The van der Waals surface area contributed by atoms with Crippen LogP contribution in [0.3, 0.4) is 0 Å². The summed E-state index contributed by atoms with van der Waals surface area (Å²) in [5.41, 5.74) is 0. The van der Waals surface area contributed by atoms with Crippen molar-refractivity contribution in [2.75, 3.05) is 13.1 Å². The predicted octanol–water partition coefficient (Wildman–Crippen LogP) is -2.93. The molecule has 0 amide bonds. The Labute approximate surface area is 66.2 Å². The molecule has 0 aromatic carbocycles. The molecule has 0 aliphatic carbocycles. The van der Waals surface area contributed by atoms with Crippen LogP contribution in [0.4, 0.5) is 0 Å². The number of rotatable bonds is 1. The zero-order chi connectivity index (χ0) is 6.69. The Bertz CT molecular complexity index is 112. The van der Waals surface area contributed by atoms with Crippen molar-refractivity contribution < 1.29 is 22.3 Å². The molecule has 3 nitrogen and oxygen atoms in total. The van der Waals surface area contributed by atoms with Crippen LogP contribution in [0.5, 0.6) is 0 Å². The summed E-state index contributed by atoms with van der Waals surface area (Å²) in [6, 6.07) is 0. The molecule has 1 atom stereocenters. The molecule has 0 bridgehead atoms. The van der Waals surface area contributed by atoms with Crippen LogP contribution in [-0.4, -0.2) is 24.2 Å². The minimum atomic E-state index is -0.665. The Morgan fingerprint density at radius 1 is 1.60 bits per heavy atom. The lowest BCUT2D eigenvalue weighted by Gasteiger charge is -2.18. The van der Waals surface area contributed by atoms with Crippen molar-refractivity contribution in [3.8, 4) is 0 Å². The largest absolute Gasteiger partial charge is 1.00 e. The number of halogens is 1. The fraction of sp³-hybridized carbons (Fsp3) is 0.833. The summed E-state index contributed by atoms with van der Waals surface area (Å²) in [5.74, 6) is -0.805. The third-order valence-electron chi connectivity index (χ3n) is 1.65. The topological polar surface area (TPSA) is 49.3 Å². The molecule has 0 saturated carbocycles. The Kier molecular flexibility index (Phi) is 4.40. The third-order valence-corrected chi connectivity index (χ3v) is 1.65. The number of hydrogen-bond donors (Lipinski definition) is 2. The first-order chi connectivity index (χ1) is 4.30. The predicted molar refractivity (Wildman–Crippen MR) is 33.2 cm³/mol. The molecule has 1 aliphatic rings. The fourth-order valence-electron chi connectivity index (χ4n) is 1.06. The van der Waals surface area contributed by atoms with Crippen LogP contribution < -0.4 is 17.7 Å². The van der Waals surface area contributed by atoms with Gasteiger partial charge in [-0.3, -0.25) is 4.79 Å². The average Bonchev–Trinajstić information content (AvgIpc) is 1.90. The second kappa shape index (κ2) is 4.52. The van der Waals surface area contributed by atoms with E-state index >= 15 is 0 Å². The lowest BCUT2D eigenvalue weighted by atomic mass is 10.0. The lowest BCUT2D eigenvalue weighted by molar-refractivity contribution is -0.142. The third kappa shape index (κ3) is 2.54. The van der Waals surface area contributed by atoms with Crippen molar-refractivity contribution in [2.45, 2.75) is 12.8 Å². The number of carboxylic acids is 1. The molecule has 1 aliphatic heterocycles. The number of piperidine rings is 1. The number of aliphatic carboxylic acids is 1. The van der Waals surface area contributed by atoms with E-state index in [1.165, 1.54) is 0 Å². The lowest BCUT2D eigenvalue weighted by Crippen LogP contribution is -3.00. The van der Waals surface area contributed by atoms with Crippen molar-refractivity contribution in [3.63, 3.8) is 0 Å². The Morgan fingerprint density at radius 3 is 2.60 bits per heavy atom. The van der Waals surface area contributed by atoms with Gasteiger partial charge < -0.3 is 22.8 Å². The summed E-state index contributed by atoms with van der Waals surface area (Å²) in [6.45, 7) is 1.62. The first-order valence-corrected chi connectivity index (χ1v) is 3.24. The molecule has 2 N–H and O–H groups in total. The maximum Gasteiger partial charge on any atom is 0.307 e. The second-order valence-corrected chi connectivity index (χ2v) is 2.38. The molecule has 0 spiro atoms. The van der Waals surface area contributed by atoms with Gasteiger partial charge in [-0.05, 0) is 19.4 Å². The number of carbonyl (C=O) groups is 1. The molecule has 1 heterocycles. The summed E-state index contributed by atoms with van der Waals surface area (Å²) >= 11 is 0. The highest BCUT2D eigenvalue weighted by molar-refractivity contribution is 5.70. The van der Waals surface area contributed by atoms with E-state index in [2.05, 4.69) is 5.32 Å². The average molecular weight is 165 g/mol. The van der Waals surface area contributed by atoms with Crippen LogP contribution in [0.1, 0.15) is 12.8 Å². The molecule has 60 valence electrons. The molecular formula is C6H11ClNO2-. The van der Waals surface area contributed by atoms with E-state index in [1.54, 1.807) is 0 Å². The number of hydrogen-bond acceptors (Lipinski definition) is 2. The van der Waals surface area contributed by atoms with Gasteiger partial charge in [-0.15, -0.1) is 0 Å². The van der Waals surface area contributed by atoms with Crippen molar-refractivity contribution >= 4 is 5.97 Å². The van der Waals surface area contributed by atoms with Gasteiger partial charge in [0.05, 0.1) is 5.92 Å². The summed E-state index contributed by atoms with van der Waals surface area (Å²) < 4.78 is 0. The van der Waals surface area contributed by atoms with Crippen molar-refractivity contribution in [3.05, 3.63) is 0 Å². The quantitative estimate of drug-likeness (QED) is 0.437. The molecule has 1 unspecified atom stereocenters. The van der Waals surface area contributed by atoms with E-state index in [4.69, 9.17) is 5.11 Å². The van der Waals surface area contributed by atoms with E-state index < -0.39 is 5.97 Å².